The van der Waals surface area contributed by atoms with E-state index in [4.69, 9.17) is 15.6 Å². The van der Waals surface area contributed by atoms with Crippen molar-refractivity contribution in [3.05, 3.63) is 40.7 Å². The van der Waals surface area contributed by atoms with Crippen LogP contribution in [0.3, 0.4) is 0 Å². The van der Waals surface area contributed by atoms with Gasteiger partial charge in [0, 0.05) is 31.4 Å². The monoisotopic (exact) mass is 336 g/mol. The van der Waals surface area contributed by atoms with Crippen molar-refractivity contribution < 1.29 is 14.7 Å². The normalized spacial score (nSPS) is 11.0. The Labute approximate surface area is 137 Å². The molecule has 0 saturated heterocycles. The van der Waals surface area contributed by atoms with Gasteiger partial charge in [-0.2, -0.15) is 5.10 Å². The molecule has 10 heteroatoms. The van der Waals surface area contributed by atoms with E-state index in [0.29, 0.717) is 25.3 Å². The van der Waals surface area contributed by atoms with Gasteiger partial charge in [0.25, 0.3) is 12.0 Å². The van der Waals surface area contributed by atoms with Crippen LogP contribution in [-0.2, 0) is 22.6 Å². The number of rotatable bonds is 6. The lowest BCUT2D eigenvalue weighted by molar-refractivity contribution is -0.125. The Bertz CT molecular complexity index is 698. The number of aromatic amines is 1. The van der Waals surface area contributed by atoms with Gasteiger partial charge in [0.1, 0.15) is 11.6 Å². The number of hydrogen-bond acceptors (Lipinski definition) is 6. The lowest BCUT2D eigenvalue weighted by Gasteiger charge is -2.12. The average Bonchev–Trinajstić information content (AvgIpc) is 3.00. The molecular formula is C14H20N6O4. The summed E-state index contributed by atoms with van der Waals surface area (Å²) < 4.78 is 1.71. The molecule has 2 aromatic rings. The minimum absolute atomic E-state index is 0.0725. The van der Waals surface area contributed by atoms with Crippen LogP contribution in [-0.4, -0.2) is 43.8 Å². The number of nitrogens with two attached hydrogens (primary N) is 1. The predicted molar refractivity (Wildman–Crippen MR) is 86.1 cm³/mol. The van der Waals surface area contributed by atoms with Gasteiger partial charge >= 0.3 is 0 Å². The summed E-state index contributed by atoms with van der Waals surface area (Å²) in [6.07, 6.45) is 3.90. The van der Waals surface area contributed by atoms with Crippen molar-refractivity contribution in [2.24, 2.45) is 5.92 Å². The third kappa shape index (κ3) is 6.73. The number of carboxylic acid groups (broad SMARTS) is 1. The Kier molecular flexibility index (Phi) is 7.68. The molecule has 0 saturated carbocycles. The van der Waals surface area contributed by atoms with Crippen LogP contribution in [0, 0.1) is 5.92 Å². The minimum Gasteiger partial charge on any atom is -0.483 e. The van der Waals surface area contributed by atoms with E-state index >= 15 is 0 Å². The van der Waals surface area contributed by atoms with E-state index in [1.54, 1.807) is 10.9 Å². The summed E-state index contributed by atoms with van der Waals surface area (Å²) >= 11 is 0. The molecule has 2 rings (SSSR count). The molecule has 0 aliphatic heterocycles. The first-order valence-corrected chi connectivity index (χ1v) is 7.15. The second-order valence-electron chi connectivity index (χ2n) is 4.89. The van der Waals surface area contributed by atoms with Crippen molar-refractivity contribution >= 4 is 18.2 Å². The van der Waals surface area contributed by atoms with E-state index in [1.807, 2.05) is 19.2 Å². The van der Waals surface area contributed by atoms with Crippen LogP contribution in [0.1, 0.15) is 12.7 Å². The summed E-state index contributed by atoms with van der Waals surface area (Å²) in [6, 6.07) is 3.03. The first-order chi connectivity index (χ1) is 11.5. The second kappa shape index (κ2) is 9.77. The van der Waals surface area contributed by atoms with Gasteiger partial charge < -0.3 is 21.1 Å². The molecule has 0 aliphatic rings. The number of anilines is 1. The molecule has 0 fully saturated rings. The maximum absolute atomic E-state index is 11.9. The van der Waals surface area contributed by atoms with Crippen molar-refractivity contribution in [3.8, 4) is 0 Å². The molecule has 0 radical (unpaired) electrons. The van der Waals surface area contributed by atoms with Crippen LogP contribution in [0.15, 0.2) is 29.3 Å². The first-order valence-electron chi connectivity index (χ1n) is 7.15. The van der Waals surface area contributed by atoms with Gasteiger partial charge in [0.15, 0.2) is 0 Å². The Hall–Kier alpha value is -3.17. The SMILES string of the molecule is CC(Cn1cccn1)C(=O)NCCc1nc(N)cc(=O)[nH]1.O=CO. The fraction of sp³-hybridized carbons (Fsp3) is 0.357. The van der Waals surface area contributed by atoms with Crippen LogP contribution >= 0.6 is 0 Å². The number of carbonyl (C=O) groups is 2. The van der Waals surface area contributed by atoms with Gasteiger partial charge in [-0.3, -0.25) is 19.1 Å². The van der Waals surface area contributed by atoms with Crippen LogP contribution in [0.5, 0.6) is 0 Å². The highest BCUT2D eigenvalue weighted by molar-refractivity contribution is 5.78. The van der Waals surface area contributed by atoms with Gasteiger partial charge in [-0.25, -0.2) is 4.98 Å². The van der Waals surface area contributed by atoms with E-state index in [9.17, 15) is 9.59 Å². The molecule has 0 aromatic carbocycles. The maximum atomic E-state index is 11.9. The number of nitrogen functional groups attached to an aromatic ring is 1. The summed E-state index contributed by atoms with van der Waals surface area (Å²) in [4.78, 5) is 38.1. The highest BCUT2D eigenvalue weighted by Crippen LogP contribution is 2.00. The molecule has 0 spiro atoms. The van der Waals surface area contributed by atoms with Gasteiger partial charge in [0.2, 0.25) is 5.91 Å². The van der Waals surface area contributed by atoms with E-state index in [1.165, 1.54) is 6.07 Å². The Morgan fingerprint density at radius 3 is 2.88 bits per heavy atom. The second-order valence-corrected chi connectivity index (χ2v) is 4.89. The first kappa shape index (κ1) is 18.9. The molecule has 1 atom stereocenters. The van der Waals surface area contributed by atoms with E-state index in [2.05, 4.69) is 20.4 Å². The largest absolute Gasteiger partial charge is 0.483 e. The van der Waals surface area contributed by atoms with Crippen molar-refractivity contribution in [1.82, 2.24) is 25.1 Å². The summed E-state index contributed by atoms with van der Waals surface area (Å²) in [5, 5.41) is 13.7. The molecular weight excluding hydrogens is 316 g/mol. The van der Waals surface area contributed by atoms with Crippen molar-refractivity contribution in [1.29, 1.82) is 0 Å². The lowest BCUT2D eigenvalue weighted by atomic mass is 10.1. The van der Waals surface area contributed by atoms with Crippen LogP contribution in [0.4, 0.5) is 5.82 Å². The summed E-state index contributed by atoms with van der Waals surface area (Å²) in [6.45, 7) is 2.48. The quantitative estimate of drug-likeness (QED) is 0.505. The third-order valence-electron chi connectivity index (χ3n) is 2.94. The molecule has 0 aliphatic carbocycles. The highest BCUT2D eigenvalue weighted by atomic mass is 16.3. The Morgan fingerprint density at radius 1 is 1.58 bits per heavy atom. The summed E-state index contributed by atoms with van der Waals surface area (Å²) in [5.74, 6) is 0.363. The number of aromatic nitrogens is 4. The zero-order valence-electron chi connectivity index (χ0n) is 13.2. The number of H-pyrrole nitrogens is 1. The summed E-state index contributed by atoms with van der Waals surface area (Å²) in [7, 11) is 0. The Balaban J connectivity index is 0.000000891. The lowest BCUT2D eigenvalue weighted by Crippen LogP contribution is -2.33. The number of nitrogens with one attached hydrogen (secondary N) is 2. The number of hydrogen-bond donors (Lipinski definition) is 4. The van der Waals surface area contributed by atoms with Crippen molar-refractivity contribution in [2.75, 3.05) is 12.3 Å². The zero-order valence-corrected chi connectivity index (χ0v) is 13.2. The smallest absolute Gasteiger partial charge is 0.290 e. The van der Waals surface area contributed by atoms with Gasteiger partial charge in [-0.05, 0) is 6.07 Å². The third-order valence-corrected chi connectivity index (χ3v) is 2.94. The van der Waals surface area contributed by atoms with Crippen molar-refractivity contribution in [3.63, 3.8) is 0 Å². The number of carbonyl (C=O) groups excluding carboxylic acids is 1. The van der Waals surface area contributed by atoms with Crippen LogP contribution < -0.4 is 16.6 Å². The van der Waals surface area contributed by atoms with Crippen LogP contribution in [0.2, 0.25) is 0 Å². The Morgan fingerprint density at radius 2 is 2.29 bits per heavy atom. The fourth-order valence-corrected chi connectivity index (χ4v) is 1.90. The van der Waals surface area contributed by atoms with Gasteiger partial charge in [0.05, 0.1) is 12.5 Å². The number of amides is 1. The standard InChI is InChI=1S/C13H18N6O2.CH2O2/c1-9(8-19-6-2-4-16-19)13(21)15-5-3-11-17-10(14)7-12(20)18-11;2-1-3/h2,4,6-7,9H,3,5,8H2,1H3,(H,15,21)(H3,14,17,18,20);1H,(H,2,3). The molecule has 130 valence electrons. The van der Waals surface area contributed by atoms with E-state index < -0.39 is 0 Å². The van der Waals surface area contributed by atoms with Crippen LogP contribution in [0.25, 0.3) is 0 Å². The molecule has 2 aromatic heterocycles. The predicted octanol–water partition coefficient (Wildman–Crippen LogP) is -0.756. The maximum Gasteiger partial charge on any atom is 0.290 e. The minimum atomic E-state index is -0.295. The molecule has 2 heterocycles. The zero-order chi connectivity index (χ0) is 17.9. The fourth-order valence-electron chi connectivity index (χ4n) is 1.90. The average molecular weight is 336 g/mol. The topological polar surface area (TPSA) is 156 Å². The van der Waals surface area contributed by atoms with E-state index in [-0.39, 0.29) is 29.7 Å². The number of nitrogens with zero attached hydrogens (tertiary/aromatic N) is 3. The molecule has 1 amide bonds. The highest BCUT2D eigenvalue weighted by Gasteiger charge is 2.13. The van der Waals surface area contributed by atoms with Gasteiger partial charge in [-0.1, -0.05) is 6.92 Å². The van der Waals surface area contributed by atoms with Crippen molar-refractivity contribution in [2.45, 2.75) is 19.9 Å². The molecule has 1 unspecified atom stereocenters. The van der Waals surface area contributed by atoms with E-state index in [0.717, 1.165) is 0 Å². The molecule has 10 nitrogen and oxygen atoms in total. The van der Waals surface area contributed by atoms with Gasteiger partial charge in [-0.15, -0.1) is 0 Å². The summed E-state index contributed by atoms with van der Waals surface area (Å²) in [5.41, 5.74) is 5.19. The molecule has 0 bridgehead atoms. The molecule has 5 N–H and O–H groups in total. The molecule has 24 heavy (non-hydrogen) atoms.